The molecule has 0 saturated carbocycles. The maximum Gasteiger partial charge on any atom is 0.414 e. The fraction of sp³-hybridized carbons (Fsp3) is 0.316. The molecule has 0 spiro atoms. The summed E-state index contributed by atoms with van der Waals surface area (Å²) < 4.78 is 32.6. The Morgan fingerprint density at radius 2 is 1.88 bits per heavy atom. The summed E-state index contributed by atoms with van der Waals surface area (Å²) in [7, 11) is -3.53. The average molecular weight is 374 g/mol. The third-order valence-electron chi connectivity index (χ3n) is 4.14. The van der Waals surface area contributed by atoms with Gasteiger partial charge in [-0.25, -0.2) is 13.2 Å². The van der Waals surface area contributed by atoms with Gasteiger partial charge in [0.2, 0.25) is 10.0 Å². The molecule has 0 saturated heterocycles. The number of carbonyl (C=O) groups excluding carboxylic acids is 1. The molecule has 6 nitrogen and oxygen atoms in total. The maximum atomic E-state index is 12.4. The van der Waals surface area contributed by atoms with Crippen molar-refractivity contribution in [2.75, 3.05) is 16.2 Å². The summed E-state index contributed by atoms with van der Waals surface area (Å²) in [5.41, 5.74) is 3.83. The van der Waals surface area contributed by atoms with Gasteiger partial charge in [0.25, 0.3) is 0 Å². The van der Waals surface area contributed by atoms with E-state index in [4.69, 9.17) is 4.74 Å². The zero-order valence-corrected chi connectivity index (χ0v) is 15.7. The van der Waals surface area contributed by atoms with Gasteiger partial charge in [-0.15, -0.1) is 0 Å². The quantitative estimate of drug-likeness (QED) is 0.834. The van der Waals surface area contributed by atoms with E-state index >= 15 is 0 Å². The Labute approximate surface area is 153 Å². The largest absolute Gasteiger partial charge is 0.444 e. The normalized spacial score (nSPS) is 13.9. The van der Waals surface area contributed by atoms with Crippen LogP contribution in [0.2, 0.25) is 0 Å². The second-order valence-corrected chi connectivity index (χ2v) is 8.12. The first-order chi connectivity index (χ1) is 12.4. The lowest BCUT2D eigenvalue weighted by atomic mass is 10.1. The van der Waals surface area contributed by atoms with Crippen molar-refractivity contribution in [2.45, 2.75) is 32.6 Å². The summed E-state index contributed by atoms with van der Waals surface area (Å²) in [5, 5.41) is 0. The van der Waals surface area contributed by atoms with Crippen LogP contribution in [0.3, 0.4) is 0 Å². The second kappa shape index (κ2) is 7.37. The van der Waals surface area contributed by atoms with Crippen LogP contribution < -0.4 is 9.62 Å². The number of fused-ring (bicyclic) bond motifs is 1. The SMILES string of the molecule is CCCN1C(=O)OCc2cc(NS(=O)(=O)Cc3ccc(C)cc3)ccc21. The lowest BCUT2D eigenvalue weighted by molar-refractivity contribution is 0.142. The van der Waals surface area contributed by atoms with Gasteiger partial charge < -0.3 is 4.74 Å². The van der Waals surface area contributed by atoms with Crippen molar-refractivity contribution >= 4 is 27.5 Å². The van der Waals surface area contributed by atoms with Crippen molar-refractivity contribution in [1.82, 2.24) is 0 Å². The van der Waals surface area contributed by atoms with E-state index in [2.05, 4.69) is 4.72 Å². The molecule has 0 unspecified atom stereocenters. The molecule has 138 valence electrons. The first-order valence-corrected chi connectivity index (χ1v) is 10.2. The summed E-state index contributed by atoms with van der Waals surface area (Å²) in [6, 6.07) is 12.5. The summed E-state index contributed by atoms with van der Waals surface area (Å²) in [5.74, 6) is -0.0959. The number of carbonyl (C=O) groups is 1. The molecule has 0 aliphatic carbocycles. The van der Waals surface area contributed by atoms with Gasteiger partial charge in [0.1, 0.15) is 6.61 Å². The number of rotatable bonds is 6. The highest BCUT2D eigenvalue weighted by molar-refractivity contribution is 7.91. The first kappa shape index (κ1) is 18.3. The van der Waals surface area contributed by atoms with Gasteiger partial charge in [-0.1, -0.05) is 36.8 Å². The third kappa shape index (κ3) is 4.16. The Hall–Kier alpha value is -2.54. The minimum absolute atomic E-state index is 0.0959. The van der Waals surface area contributed by atoms with E-state index in [0.717, 1.165) is 28.8 Å². The molecule has 26 heavy (non-hydrogen) atoms. The zero-order chi connectivity index (χ0) is 18.7. The van der Waals surface area contributed by atoms with Crippen molar-refractivity contribution in [3.63, 3.8) is 0 Å². The Balaban J connectivity index is 1.78. The number of anilines is 2. The summed E-state index contributed by atoms with van der Waals surface area (Å²) in [6.45, 7) is 4.64. The van der Waals surface area contributed by atoms with Gasteiger partial charge in [0.05, 0.1) is 11.4 Å². The van der Waals surface area contributed by atoms with Crippen LogP contribution in [0.15, 0.2) is 42.5 Å². The van der Waals surface area contributed by atoms with Crippen LogP contribution in [0, 0.1) is 6.92 Å². The van der Waals surface area contributed by atoms with Gasteiger partial charge in [-0.05, 0) is 37.1 Å². The predicted molar refractivity (Wildman–Crippen MR) is 102 cm³/mol. The van der Waals surface area contributed by atoms with Gasteiger partial charge in [-0.3, -0.25) is 9.62 Å². The monoisotopic (exact) mass is 374 g/mol. The standard InChI is InChI=1S/C19H22N2O4S/c1-3-10-21-18-9-8-17(11-16(18)12-25-19(21)22)20-26(23,24)13-15-6-4-14(2)5-7-15/h4-9,11,20H,3,10,12-13H2,1-2H3. The molecule has 0 radical (unpaired) electrons. The summed E-state index contributed by atoms with van der Waals surface area (Å²) >= 11 is 0. The van der Waals surface area contributed by atoms with Crippen molar-refractivity contribution in [3.8, 4) is 0 Å². The van der Waals surface area contributed by atoms with E-state index in [0.29, 0.717) is 12.2 Å². The fourth-order valence-corrected chi connectivity index (χ4v) is 4.09. The van der Waals surface area contributed by atoms with Crippen LogP contribution in [0.1, 0.15) is 30.0 Å². The van der Waals surface area contributed by atoms with Crippen molar-refractivity contribution in [2.24, 2.45) is 0 Å². The van der Waals surface area contributed by atoms with E-state index in [1.807, 2.05) is 38.1 Å². The van der Waals surface area contributed by atoms with Crippen molar-refractivity contribution < 1.29 is 17.9 Å². The highest BCUT2D eigenvalue weighted by atomic mass is 32.2. The van der Waals surface area contributed by atoms with Gasteiger partial charge in [-0.2, -0.15) is 0 Å². The molecule has 1 aliphatic heterocycles. The van der Waals surface area contributed by atoms with E-state index < -0.39 is 10.0 Å². The number of ether oxygens (including phenoxy) is 1. The summed E-state index contributed by atoms with van der Waals surface area (Å²) in [4.78, 5) is 13.5. The number of hydrogen-bond acceptors (Lipinski definition) is 4. The van der Waals surface area contributed by atoms with Crippen LogP contribution >= 0.6 is 0 Å². The molecular weight excluding hydrogens is 352 g/mol. The molecule has 1 aliphatic rings. The average Bonchev–Trinajstić information content (AvgIpc) is 2.59. The molecule has 2 aromatic carbocycles. The number of aryl methyl sites for hydroxylation is 1. The molecule has 1 N–H and O–H groups in total. The molecule has 1 heterocycles. The number of benzene rings is 2. The molecule has 1 amide bonds. The molecule has 0 bridgehead atoms. The first-order valence-electron chi connectivity index (χ1n) is 8.51. The Kier molecular flexibility index (Phi) is 5.18. The van der Waals surface area contributed by atoms with Crippen LogP contribution in [0.25, 0.3) is 0 Å². The lowest BCUT2D eigenvalue weighted by Crippen LogP contribution is -2.36. The van der Waals surface area contributed by atoms with Crippen molar-refractivity contribution in [1.29, 1.82) is 0 Å². The van der Waals surface area contributed by atoms with Gasteiger partial charge >= 0.3 is 6.09 Å². The van der Waals surface area contributed by atoms with Gasteiger partial charge in [0.15, 0.2) is 0 Å². The minimum atomic E-state index is -3.53. The molecular formula is C19H22N2O4S. The zero-order valence-electron chi connectivity index (χ0n) is 14.9. The number of amides is 1. The van der Waals surface area contributed by atoms with Crippen molar-refractivity contribution in [3.05, 3.63) is 59.2 Å². The highest BCUT2D eigenvalue weighted by Crippen LogP contribution is 2.30. The van der Waals surface area contributed by atoms with Gasteiger partial charge in [0, 0.05) is 17.8 Å². The van der Waals surface area contributed by atoms with Crippen LogP contribution in [-0.2, 0) is 27.1 Å². The van der Waals surface area contributed by atoms with E-state index in [-0.39, 0.29) is 18.5 Å². The third-order valence-corrected chi connectivity index (χ3v) is 5.40. The molecule has 7 heteroatoms. The lowest BCUT2D eigenvalue weighted by Gasteiger charge is -2.29. The van der Waals surface area contributed by atoms with E-state index in [9.17, 15) is 13.2 Å². The predicted octanol–water partition coefficient (Wildman–Crippen LogP) is 3.80. The van der Waals surface area contributed by atoms with Crippen LogP contribution in [0.4, 0.5) is 16.2 Å². The number of nitrogens with one attached hydrogen (secondary N) is 1. The topological polar surface area (TPSA) is 75.7 Å². The second-order valence-electron chi connectivity index (χ2n) is 6.40. The number of hydrogen-bond donors (Lipinski definition) is 1. The van der Waals surface area contributed by atoms with Crippen LogP contribution in [-0.4, -0.2) is 21.1 Å². The number of sulfonamides is 1. The molecule has 2 aromatic rings. The maximum absolute atomic E-state index is 12.4. The van der Waals surface area contributed by atoms with E-state index in [1.165, 1.54) is 0 Å². The molecule has 0 fully saturated rings. The van der Waals surface area contributed by atoms with Crippen LogP contribution in [0.5, 0.6) is 0 Å². The number of cyclic esters (lactones) is 1. The molecule has 3 rings (SSSR count). The molecule has 0 aromatic heterocycles. The Morgan fingerprint density at radius 3 is 2.58 bits per heavy atom. The highest BCUT2D eigenvalue weighted by Gasteiger charge is 2.25. The molecule has 0 atom stereocenters. The van der Waals surface area contributed by atoms with E-state index in [1.54, 1.807) is 23.1 Å². The minimum Gasteiger partial charge on any atom is -0.444 e. The summed E-state index contributed by atoms with van der Waals surface area (Å²) in [6.07, 6.45) is 0.437. The fourth-order valence-electron chi connectivity index (χ4n) is 2.90. The number of nitrogens with zero attached hydrogens (tertiary/aromatic N) is 1. The Morgan fingerprint density at radius 1 is 1.15 bits per heavy atom. The smallest absolute Gasteiger partial charge is 0.414 e. The Bertz CT molecular complexity index is 908.